The highest BCUT2D eigenvalue weighted by molar-refractivity contribution is 7.12. The van der Waals surface area contributed by atoms with E-state index in [1.807, 2.05) is 0 Å². The van der Waals surface area contributed by atoms with Crippen LogP contribution in [0.5, 0.6) is 11.5 Å². The molecule has 1 aliphatic rings. The van der Waals surface area contributed by atoms with E-state index in [0.717, 1.165) is 11.1 Å². The molecule has 0 bridgehead atoms. The molecule has 1 aromatic heterocycles. The van der Waals surface area contributed by atoms with Gasteiger partial charge in [0.1, 0.15) is 16.3 Å². The molecule has 1 fully saturated rings. The van der Waals surface area contributed by atoms with E-state index < -0.39 is 23.6 Å². The van der Waals surface area contributed by atoms with Crippen molar-refractivity contribution in [3.63, 3.8) is 0 Å². The van der Waals surface area contributed by atoms with Crippen LogP contribution < -0.4 is 19.9 Å². The molecule has 1 saturated heterocycles. The third-order valence-electron chi connectivity index (χ3n) is 4.38. The van der Waals surface area contributed by atoms with Gasteiger partial charge in [0.2, 0.25) is 0 Å². The minimum Gasteiger partial charge on any atom is -0.493 e. The molecular formula is C22H15FN2O5S. The maximum atomic E-state index is 13.5. The zero-order chi connectivity index (χ0) is 22.0. The Balaban J connectivity index is 1.58. The van der Waals surface area contributed by atoms with E-state index >= 15 is 0 Å². The van der Waals surface area contributed by atoms with E-state index in [9.17, 15) is 18.8 Å². The number of nitrogens with zero attached hydrogens (tertiary/aromatic N) is 1. The van der Waals surface area contributed by atoms with Gasteiger partial charge in [-0.05, 0) is 53.4 Å². The summed E-state index contributed by atoms with van der Waals surface area (Å²) < 4.78 is 24.1. The maximum absolute atomic E-state index is 13.5. The lowest BCUT2D eigenvalue weighted by Gasteiger charge is -2.14. The molecule has 2 heterocycles. The molecule has 0 saturated carbocycles. The zero-order valence-corrected chi connectivity index (χ0v) is 16.9. The summed E-state index contributed by atoms with van der Waals surface area (Å²) in [5.41, 5.74) is 2.96. The molecule has 2 aromatic carbocycles. The highest BCUT2D eigenvalue weighted by Crippen LogP contribution is 2.31. The number of rotatable bonds is 5. The third-order valence-corrected chi connectivity index (χ3v) is 5.23. The Morgan fingerprint density at radius 1 is 1.10 bits per heavy atom. The highest BCUT2D eigenvalue weighted by Gasteiger charge is 2.34. The van der Waals surface area contributed by atoms with Crippen molar-refractivity contribution < 1.29 is 28.2 Å². The van der Waals surface area contributed by atoms with Gasteiger partial charge in [-0.1, -0.05) is 18.2 Å². The average Bonchev–Trinajstić information content (AvgIpc) is 3.39. The van der Waals surface area contributed by atoms with Crippen molar-refractivity contribution in [3.8, 4) is 11.5 Å². The van der Waals surface area contributed by atoms with Gasteiger partial charge in [-0.15, -0.1) is 11.3 Å². The number of carbonyl (C=O) groups excluding carboxylic acids is 3. The third kappa shape index (κ3) is 4.17. The molecule has 0 spiro atoms. The number of halogens is 1. The van der Waals surface area contributed by atoms with Crippen LogP contribution in [0.1, 0.15) is 15.2 Å². The Labute approximate surface area is 180 Å². The van der Waals surface area contributed by atoms with Gasteiger partial charge in [0.25, 0.3) is 11.8 Å². The number of ether oxygens (including phenoxy) is 2. The smallest absolute Gasteiger partial charge is 0.353 e. The van der Waals surface area contributed by atoms with Crippen LogP contribution in [-0.2, 0) is 9.59 Å². The summed E-state index contributed by atoms with van der Waals surface area (Å²) in [5, 5.41) is 2.74. The summed E-state index contributed by atoms with van der Waals surface area (Å²) in [6.45, 7) is 0. The number of nitrogens with one attached hydrogen (secondary N) is 1. The van der Waals surface area contributed by atoms with Gasteiger partial charge in [0.15, 0.2) is 11.5 Å². The lowest BCUT2D eigenvalue weighted by Crippen LogP contribution is -2.35. The minimum atomic E-state index is -0.624. The van der Waals surface area contributed by atoms with Gasteiger partial charge in [-0.25, -0.2) is 14.2 Å². The maximum Gasteiger partial charge on any atom is 0.353 e. The van der Waals surface area contributed by atoms with Crippen LogP contribution in [0.2, 0.25) is 0 Å². The molecular weight excluding hydrogens is 423 g/mol. The second-order valence-electron chi connectivity index (χ2n) is 6.40. The van der Waals surface area contributed by atoms with Crippen molar-refractivity contribution in [3.05, 3.63) is 81.8 Å². The fourth-order valence-electron chi connectivity index (χ4n) is 2.92. The number of esters is 1. The Kier molecular flexibility index (Phi) is 5.50. The first-order valence-corrected chi connectivity index (χ1v) is 9.90. The van der Waals surface area contributed by atoms with E-state index in [1.165, 1.54) is 54.9 Å². The van der Waals surface area contributed by atoms with Gasteiger partial charge in [0, 0.05) is 0 Å². The summed E-state index contributed by atoms with van der Waals surface area (Å²) in [6, 6.07) is 13.3. The van der Waals surface area contributed by atoms with Crippen LogP contribution in [0.25, 0.3) is 6.08 Å². The van der Waals surface area contributed by atoms with E-state index in [2.05, 4.69) is 5.43 Å². The first-order chi connectivity index (χ1) is 15.0. The van der Waals surface area contributed by atoms with Crippen molar-refractivity contribution >= 4 is 40.9 Å². The number of hydrogen-bond acceptors (Lipinski definition) is 6. The number of benzene rings is 2. The van der Waals surface area contributed by atoms with Gasteiger partial charge in [-0.2, -0.15) is 0 Å². The zero-order valence-electron chi connectivity index (χ0n) is 16.1. The summed E-state index contributed by atoms with van der Waals surface area (Å²) >= 11 is 1.25. The standard InChI is InChI=1S/C22H15FN2O5S/c1-29-18-11-13(7-8-17(18)30-22(28)19-6-3-9-31-19)10-16-20(26)24-25(21(16)27)15-5-2-4-14(23)12-15/h2-12H,1H3,(H,24,26)/b16-10-. The van der Waals surface area contributed by atoms with Crippen molar-refractivity contribution in [2.24, 2.45) is 0 Å². The predicted molar refractivity (Wildman–Crippen MR) is 112 cm³/mol. The van der Waals surface area contributed by atoms with Crippen molar-refractivity contribution in [2.75, 3.05) is 12.1 Å². The number of thiophene rings is 1. The molecule has 9 heteroatoms. The summed E-state index contributed by atoms with van der Waals surface area (Å²) in [5.74, 6) is -1.84. The van der Waals surface area contributed by atoms with E-state index in [0.29, 0.717) is 10.4 Å². The Bertz CT molecular complexity index is 1210. The summed E-state index contributed by atoms with van der Waals surface area (Å²) in [4.78, 5) is 37.6. The lowest BCUT2D eigenvalue weighted by atomic mass is 10.1. The number of carbonyl (C=O) groups is 3. The largest absolute Gasteiger partial charge is 0.493 e. The quantitative estimate of drug-likeness (QED) is 0.285. The van der Waals surface area contributed by atoms with Gasteiger partial charge in [-0.3, -0.25) is 15.0 Å². The second-order valence-corrected chi connectivity index (χ2v) is 7.34. The van der Waals surface area contributed by atoms with Gasteiger partial charge in [0.05, 0.1) is 12.8 Å². The topological polar surface area (TPSA) is 84.9 Å². The van der Waals surface area contributed by atoms with Crippen LogP contribution in [0.4, 0.5) is 10.1 Å². The Morgan fingerprint density at radius 2 is 1.94 bits per heavy atom. The molecule has 0 unspecified atom stereocenters. The highest BCUT2D eigenvalue weighted by atomic mass is 32.1. The van der Waals surface area contributed by atoms with Gasteiger partial charge >= 0.3 is 5.97 Å². The van der Waals surface area contributed by atoms with Crippen LogP contribution in [0.3, 0.4) is 0 Å². The summed E-state index contributed by atoms with van der Waals surface area (Å²) in [6.07, 6.45) is 1.38. The molecule has 0 aliphatic carbocycles. The van der Waals surface area contributed by atoms with Crippen molar-refractivity contribution in [2.45, 2.75) is 0 Å². The lowest BCUT2D eigenvalue weighted by molar-refractivity contribution is -0.117. The molecule has 156 valence electrons. The van der Waals surface area contributed by atoms with E-state index in [1.54, 1.807) is 23.6 Å². The van der Waals surface area contributed by atoms with Crippen LogP contribution >= 0.6 is 11.3 Å². The molecule has 1 N–H and O–H groups in total. The fraction of sp³-hybridized carbons (Fsp3) is 0.0455. The fourth-order valence-corrected chi connectivity index (χ4v) is 3.52. The SMILES string of the molecule is COc1cc(/C=C2/C(=O)NN(c3cccc(F)c3)C2=O)ccc1OC(=O)c1cccs1. The number of methoxy groups -OCH3 is 1. The van der Waals surface area contributed by atoms with Crippen LogP contribution in [0.15, 0.2) is 65.6 Å². The first-order valence-electron chi connectivity index (χ1n) is 9.02. The molecule has 1 aliphatic heterocycles. The van der Waals surface area contributed by atoms with Crippen molar-refractivity contribution in [1.29, 1.82) is 0 Å². The normalized spacial score (nSPS) is 14.6. The predicted octanol–water partition coefficient (Wildman–Crippen LogP) is 3.58. The molecule has 31 heavy (non-hydrogen) atoms. The number of anilines is 1. The van der Waals surface area contributed by atoms with Crippen molar-refractivity contribution in [1.82, 2.24) is 5.43 Å². The molecule has 3 aromatic rings. The number of hydrogen-bond donors (Lipinski definition) is 1. The van der Waals surface area contributed by atoms with Crippen LogP contribution in [-0.4, -0.2) is 24.9 Å². The van der Waals surface area contributed by atoms with E-state index in [-0.39, 0.29) is 22.8 Å². The Morgan fingerprint density at radius 3 is 2.65 bits per heavy atom. The molecule has 0 radical (unpaired) electrons. The summed E-state index contributed by atoms with van der Waals surface area (Å²) in [7, 11) is 1.41. The molecule has 2 amide bonds. The molecule has 4 rings (SSSR count). The molecule has 0 atom stereocenters. The Hall–Kier alpha value is -3.98. The molecule has 7 nitrogen and oxygen atoms in total. The average molecular weight is 438 g/mol. The number of amides is 2. The number of hydrazine groups is 1. The van der Waals surface area contributed by atoms with E-state index in [4.69, 9.17) is 9.47 Å². The first kappa shape index (κ1) is 20.3. The minimum absolute atomic E-state index is 0.130. The monoisotopic (exact) mass is 438 g/mol. The van der Waals surface area contributed by atoms with Crippen LogP contribution in [0, 0.1) is 5.82 Å². The second kappa shape index (κ2) is 8.41. The van der Waals surface area contributed by atoms with Gasteiger partial charge < -0.3 is 9.47 Å².